The minimum atomic E-state index is -0.593. The molecule has 4 rings (SSSR count). The third kappa shape index (κ3) is 2.79. The van der Waals surface area contributed by atoms with E-state index in [4.69, 9.17) is 10.7 Å². The summed E-state index contributed by atoms with van der Waals surface area (Å²) in [6.45, 7) is 3.56. The number of carbonyl (C=O) groups excluding carboxylic acids is 1. The molecule has 2 heterocycles. The molecule has 5 heteroatoms. The van der Waals surface area contributed by atoms with E-state index in [1.165, 1.54) is 5.56 Å². The highest BCUT2D eigenvalue weighted by atomic mass is 32.1. The van der Waals surface area contributed by atoms with E-state index in [2.05, 4.69) is 42.6 Å². The number of aromatic nitrogens is 1. The van der Waals surface area contributed by atoms with Crippen molar-refractivity contribution in [3.05, 3.63) is 52.0 Å². The Morgan fingerprint density at radius 1 is 1.16 bits per heavy atom. The summed E-state index contributed by atoms with van der Waals surface area (Å²) in [4.78, 5) is 19.6. The summed E-state index contributed by atoms with van der Waals surface area (Å²) in [7, 11) is 0. The number of piperidine rings is 1. The number of likely N-dealkylation sites (tertiary alicyclic amines) is 1. The van der Waals surface area contributed by atoms with Gasteiger partial charge in [-0.2, -0.15) is 0 Å². The van der Waals surface area contributed by atoms with Crippen molar-refractivity contribution in [2.75, 3.05) is 13.1 Å². The molecule has 0 spiro atoms. The summed E-state index contributed by atoms with van der Waals surface area (Å²) in [5.74, 6) is 0.148. The van der Waals surface area contributed by atoms with Crippen LogP contribution in [0.4, 0.5) is 0 Å². The molecule has 1 amide bonds. The first-order valence-electron chi connectivity index (χ1n) is 9.10. The van der Waals surface area contributed by atoms with Gasteiger partial charge in [-0.05, 0) is 44.6 Å². The number of hydrogen-bond acceptors (Lipinski definition) is 4. The lowest BCUT2D eigenvalue weighted by Crippen LogP contribution is -2.61. The van der Waals surface area contributed by atoms with Gasteiger partial charge in [0, 0.05) is 23.9 Å². The largest absolute Gasteiger partial charge is 0.341 e. The lowest BCUT2D eigenvalue weighted by molar-refractivity contribution is -0.141. The number of thiazole rings is 1. The Hall–Kier alpha value is -1.72. The Labute approximate surface area is 153 Å². The summed E-state index contributed by atoms with van der Waals surface area (Å²) in [6.07, 6.45) is 4.54. The van der Waals surface area contributed by atoms with Gasteiger partial charge >= 0.3 is 0 Å². The Morgan fingerprint density at radius 3 is 2.36 bits per heavy atom. The number of carbonyl (C=O) groups is 1. The maximum atomic E-state index is 12.8. The lowest BCUT2D eigenvalue weighted by Gasteiger charge is -2.46. The minimum Gasteiger partial charge on any atom is -0.341 e. The molecule has 25 heavy (non-hydrogen) atoms. The number of nitrogens with zero attached hydrogens (tertiary/aromatic N) is 2. The molecule has 1 aromatic heterocycles. The van der Waals surface area contributed by atoms with Crippen LogP contribution in [0.15, 0.2) is 35.7 Å². The second-order valence-electron chi connectivity index (χ2n) is 7.50. The molecular formula is C20H25N3OS. The molecule has 2 aromatic rings. The summed E-state index contributed by atoms with van der Waals surface area (Å²) in [6, 6.07) is 10.6. The third-order valence-electron chi connectivity index (χ3n) is 6.01. The fraction of sp³-hybridized carbons (Fsp3) is 0.500. The second kappa shape index (κ2) is 6.22. The van der Waals surface area contributed by atoms with Gasteiger partial charge in [-0.15, -0.1) is 11.3 Å². The van der Waals surface area contributed by atoms with Crippen LogP contribution in [0.2, 0.25) is 0 Å². The summed E-state index contributed by atoms with van der Waals surface area (Å²) in [5, 5.41) is 3.29. The van der Waals surface area contributed by atoms with Gasteiger partial charge in [0.15, 0.2) is 0 Å². The number of hydrogen-bond donors (Lipinski definition) is 1. The van der Waals surface area contributed by atoms with Crippen LogP contribution in [-0.2, 0) is 10.2 Å². The molecule has 0 atom stereocenters. The Kier molecular flexibility index (Phi) is 4.16. The highest BCUT2D eigenvalue weighted by Gasteiger charge is 2.46. The highest BCUT2D eigenvalue weighted by molar-refractivity contribution is 7.09. The number of aryl methyl sites for hydroxylation is 1. The van der Waals surface area contributed by atoms with Crippen LogP contribution in [0.3, 0.4) is 0 Å². The van der Waals surface area contributed by atoms with Gasteiger partial charge in [0.1, 0.15) is 0 Å². The van der Waals surface area contributed by atoms with Crippen molar-refractivity contribution >= 4 is 17.2 Å². The number of rotatable bonds is 3. The van der Waals surface area contributed by atoms with E-state index in [9.17, 15) is 4.79 Å². The summed E-state index contributed by atoms with van der Waals surface area (Å²) >= 11 is 1.70. The van der Waals surface area contributed by atoms with Crippen LogP contribution >= 0.6 is 11.3 Å². The molecule has 1 aliphatic heterocycles. The van der Waals surface area contributed by atoms with E-state index in [1.807, 2.05) is 4.90 Å². The molecule has 2 N–H and O–H groups in total. The first kappa shape index (κ1) is 16.7. The van der Waals surface area contributed by atoms with E-state index in [1.54, 1.807) is 11.3 Å². The van der Waals surface area contributed by atoms with E-state index < -0.39 is 5.54 Å². The van der Waals surface area contributed by atoms with Crippen LogP contribution in [0.25, 0.3) is 0 Å². The molecule has 1 aromatic carbocycles. The predicted octanol–water partition coefficient (Wildman–Crippen LogP) is 3.24. The van der Waals surface area contributed by atoms with Crippen LogP contribution in [0.5, 0.6) is 0 Å². The number of amides is 1. The van der Waals surface area contributed by atoms with Crippen molar-refractivity contribution in [3.8, 4) is 0 Å². The summed E-state index contributed by atoms with van der Waals surface area (Å²) < 4.78 is 0. The topological polar surface area (TPSA) is 59.2 Å². The molecule has 1 saturated carbocycles. The molecule has 1 saturated heterocycles. The predicted molar refractivity (Wildman–Crippen MR) is 101 cm³/mol. The zero-order chi connectivity index (χ0) is 17.5. The second-order valence-corrected chi connectivity index (χ2v) is 8.56. The van der Waals surface area contributed by atoms with Crippen molar-refractivity contribution in [1.82, 2.24) is 9.88 Å². The van der Waals surface area contributed by atoms with Gasteiger partial charge in [0.25, 0.3) is 0 Å². The molecule has 1 aliphatic carbocycles. The van der Waals surface area contributed by atoms with Crippen molar-refractivity contribution in [2.45, 2.75) is 50.0 Å². The molecular weight excluding hydrogens is 330 g/mol. The van der Waals surface area contributed by atoms with Crippen molar-refractivity contribution in [1.29, 1.82) is 0 Å². The average molecular weight is 356 g/mol. The molecule has 0 unspecified atom stereocenters. The molecule has 4 nitrogen and oxygen atoms in total. The minimum absolute atomic E-state index is 0.0931. The van der Waals surface area contributed by atoms with Gasteiger partial charge in [0.2, 0.25) is 5.91 Å². The fourth-order valence-electron chi connectivity index (χ4n) is 4.21. The van der Waals surface area contributed by atoms with E-state index in [-0.39, 0.29) is 11.3 Å². The van der Waals surface area contributed by atoms with Crippen molar-refractivity contribution < 1.29 is 4.79 Å². The maximum Gasteiger partial charge on any atom is 0.242 e. The maximum absolute atomic E-state index is 12.8. The molecule has 2 aliphatic rings. The first-order chi connectivity index (χ1) is 12.0. The fourth-order valence-corrected chi connectivity index (χ4v) is 4.92. The first-order valence-corrected chi connectivity index (χ1v) is 9.98. The zero-order valence-corrected chi connectivity index (χ0v) is 15.5. The average Bonchev–Trinajstić information content (AvgIpc) is 3.07. The summed E-state index contributed by atoms with van der Waals surface area (Å²) in [5.41, 5.74) is 8.04. The normalized spacial score (nSPS) is 21.6. The SMILES string of the molecule is Cc1nc(C2(c3ccccc3)CCN(C(=O)C3(N)CCC3)CC2)cs1. The molecule has 132 valence electrons. The monoisotopic (exact) mass is 355 g/mol. The van der Waals surface area contributed by atoms with E-state index >= 15 is 0 Å². The van der Waals surface area contributed by atoms with Crippen molar-refractivity contribution in [3.63, 3.8) is 0 Å². The Morgan fingerprint density at radius 2 is 1.84 bits per heavy atom. The third-order valence-corrected chi connectivity index (χ3v) is 6.79. The highest BCUT2D eigenvalue weighted by Crippen LogP contribution is 2.43. The number of nitrogens with two attached hydrogens (primary N) is 1. The van der Waals surface area contributed by atoms with Crippen LogP contribution < -0.4 is 5.73 Å². The standard InChI is InChI=1S/C20H25N3OS/c1-15-22-17(14-25-15)19(16-6-3-2-4-7-16)10-12-23(13-11-19)18(24)20(21)8-5-9-20/h2-4,6-7,14H,5,8-13,21H2,1H3. The van der Waals surface area contributed by atoms with Crippen molar-refractivity contribution in [2.24, 2.45) is 5.73 Å². The molecule has 0 bridgehead atoms. The van der Waals surface area contributed by atoms with Crippen LogP contribution in [0, 0.1) is 6.92 Å². The van der Waals surface area contributed by atoms with Gasteiger partial charge in [-0.3, -0.25) is 4.79 Å². The smallest absolute Gasteiger partial charge is 0.242 e. The Bertz CT molecular complexity index is 758. The molecule has 2 fully saturated rings. The van der Waals surface area contributed by atoms with Crippen LogP contribution in [0.1, 0.15) is 48.4 Å². The van der Waals surface area contributed by atoms with E-state index in [0.29, 0.717) is 0 Å². The van der Waals surface area contributed by atoms with Gasteiger partial charge < -0.3 is 10.6 Å². The van der Waals surface area contributed by atoms with Gasteiger partial charge in [0.05, 0.1) is 16.2 Å². The van der Waals surface area contributed by atoms with Gasteiger partial charge in [-0.25, -0.2) is 4.98 Å². The number of benzene rings is 1. The van der Waals surface area contributed by atoms with Gasteiger partial charge in [-0.1, -0.05) is 30.3 Å². The van der Waals surface area contributed by atoms with Crippen LogP contribution in [-0.4, -0.2) is 34.4 Å². The van der Waals surface area contributed by atoms with E-state index in [0.717, 1.165) is 55.9 Å². The quantitative estimate of drug-likeness (QED) is 0.919. The Balaban J connectivity index is 1.61. The zero-order valence-electron chi connectivity index (χ0n) is 14.7. The lowest BCUT2D eigenvalue weighted by atomic mass is 9.70. The molecule has 0 radical (unpaired) electrons.